The predicted octanol–water partition coefficient (Wildman–Crippen LogP) is 0.198. The fraction of sp³-hybridized carbons (Fsp3) is 0. The maximum absolute atomic E-state index is 11.9. The lowest BCUT2D eigenvalue weighted by Gasteiger charge is -1.86. The molecule has 1 aromatic rings. The largest absolute Gasteiger partial charge is 0.384 e. The molecule has 3 nitrogen and oxygen atoms in total. The van der Waals surface area contributed by atoms with Gasteiger partial charge in [-0.25, -0.2) is 9.97 Å². The van der Waals surface area contributed by atoms with Crippen LogP contribution in [0.3, 0.4) is 0 Å². The Hall–Kier alpha value is -1.19. The van der Waals surface area contributed by atoms with Crippen molar-refractivity contribution in [3.05, 3.63) is 18.3 Å². The second-order valence-corrected chi connectivity index (χ2v) is 1.27. The maximum atomic E-state index is 11.9. The summed E-state index contributed by atoms with van der Waals surface area (Å²) < 4.78 is 11.9. The zero-order valence-corrected chi connectivity index (χ0v) is 4.00. The van der Waals surface area contributed by atoms with Gasteiger partial charge < -0.3 is 5.73 Å². The number of nitrogen functional groups attached to an aromatic ring is 1. The molecule has 0 bridgehead atoms. The van der Waals surface area contributed by atoms with E-state index in [1.807, 2.05) is 0 Å². The molecular weight excluding hydrogens is 109 g/mol. The highest BCUT2D eigenvalue weighted by atomic mass is 19.1. The summed E-state index contributed by atoms with van der Waals surface area (Å²) in [4.78, 5) is 6.65. The van der Waals surface area contributed by atoms with E-state index in [9.17, 15) is 4.39 Å². The van der Waals surface area contributed by atoms with Crippen LogP contribution in [0.25, 0.3) is 0 Å². The molecule has 2 N–H and O–H groups in total. The SMILES string of the molecule is Nc1cc(F)ncn1. The Morgan fingerprint density at radius 1 is 1.50 bits per heavy atom. The fourth-order valence-electron chi connectivity index (χ4n) is 0.347. The highest BCUT2D eigenvalue weighted by Crippen LogP contribution is 1.94. The number of aromatic nitrogens is 2. The van der Waals surface area contributed by atoms with Crippen molar-refractivity contribution in [2.75, 3.05) is 5.73 Å². The third-order valence-electron chi connectivity index (χ3n) is 0.655. The molecule has 42 valence electrons. The standard InChI is InChI=1S/C4H4FN3/c5-3-1-4(6)8-2-7-3/h1-2H,(H2,6,7,8). The molecule has 0 radical (unpaired) electrons. The minimum Gasteiger partial charge on any atom is -0.384 e. The molecule has 4 heteroatoms. The molecule has 0 aliphatic rings. The van der Waals surface area contributed by atoms with E-state index in [1.54, 1.807) is 0 Å². The van der Waals surface area contributed by atoms with Crippen LogP contribution in [0.5, 0.6) is 0 Å². The molecule has 8 heavy (non-hydrogen) atoms. The quantitative estimate of drug-likeness (QED) is 0.489. The Balaban J connectivity index is 3.08. The molecule has 0 spiro atoms. The lowest BCUT2D eigenvalue weighted by atomic mass is 10.6. The predicted molar refractivity (Wildman–Crippen MR) is 26.4 cm³/mol. The number of hydrogen-bond acceptors (Lipinski definition) is 3. The van der Waals surface area contributed by atoms with E-state index in [1.165, 1.54) is 0 Å². The van der Waals surface area contributed by atoms with Crippen LogP contribution in [0, 0.1) is 5.95 Å². The van der Waals surface area contributed by atoms with Crippen molar-refractivity contribution >= 4 is 5.82 Å². The summed E-state index contributed by atoms with van der Waals surface area (Å²) in [6.07, 6.45) is 1.07. The summed E-state index contributed by atoms with van der Waals surface area (Å²) in [6, 6.07) is 1.06. The van der Waals surface area contributed by atoms with Crippen LogP contribution < -0.4 is 5.73 Å². The number of rotatable bonds is 0. The van der Waals surface area contributed by atoms with Gasteiger partial charge in [0.15, 0.2) is 0 Å². The molecule has 0 aromatic carbocycles. The van der Waals surface area contributed by atoms with Crippen molar-refractivity contribution in [3.8, 4) is 0 Å². The monoisotopic (exact) mass is 113 g/mol. The second kappa shape index (κ2) is 1.73. The summed E-state index contributed by atoms with van der Waals surface area (Å²) in [6.45, 7) is 0. The minimum absolute atomic E-state index is 0.150. The van der Waals surface area contributed by atoms with Crippen LogP contribution in [0.15, 0.2) is 12.4 Å². The highest BCUT2D eigenvalue weighted by Gasteiger charge is 1.88. The minimum atomic E-state index is -0.600. The van der Waals surface area contributed by atoms with Crippen LogP contribution in [-0.2, 0) is 0 Å². The topological polar surface area (TPSA) is 51.8 Å². The van der Waals surface area contributed by atoms with Crippen molar-refractivity contribution in [2.24, 2.45) is 0 Å². The van der Waals surface area contributed by atoms with Crippen molar-refractivity contribution in [1.82, 2.24) is 9.97 Å². The highest BCUT2D eigenvalue weighted by molar-refractivity contribution is 5.23. The Bertz CT molecular complexity index is 171. The molecule has 1 aromatic heterocycles. The summed E-state index contributed by atoms with van der Waals surface area (Å²) in [5.74, 6) is -0.449. The van der Waals surface area contributed by atoms with Crippen molar-refractivity contribution in [3.63, 3.8) is 0 Å². The van der Waals surface area contributed by atoms with Crippen molar-refractivity contribution in [1.29, 1.82) is 0 Å². The Morgan fingerprint density at radius 3 is 2.62 bits per heavy atom. The average Bonchev–Trinajstić information content (AvgIpc) is 1.64. The van der Waals surface area contributed by atoms with Crippen molar-refractivity contribution < 1.29 is 4.39 Å². The second-order valence-electron chi connectivity index (χ2n) is 1.27. The number of halogens is 1. The average molecular weight is 113 g/mol. The number of anilines is 1. The van der Waals surface area contributed by atoms with Crippen LogP contribution in [-0.4, -0.2) is 9.97 Å². The smallest absolute Gasteiger partial charge is 0.217 e. The molecule has 1 rings (SSSR count). The summed E-state index contributed by atoms with van der Waals surface area (Å²) in [5.41, 5.74) is 5.07. The Morgan fingerprint density at radius 2 is 2.25 bits per heavy atom. The lowest BCUT2D eigenvalue weighted by Crippen LogP contribution is -1.91. The van der Waals surface area contributed by atoms with Gasteiger partial charge in [-0.3, -0.25) is 0 Å². The molecule has 0 aliphatic carbocycles. The van der Waals surface area contributed by atoms with Gasteiger partial charge in [0, 0.05) is 6.07 Å². The molecular formula is C4H4FN3. The first kappa shape index (κ1) is 4.96. The van der Waals surface area contributed by atoms with E-state index < -0.39 is 5.95 Å². The lowest BCUT2D eigenvalue weighted by molar-refractivity contribution is 0.580. The molecule has 0 saturated carbocycles. The van der Waals surface area contributed by atoms with Gasteiger partial charge in [-0.2, -0.15) is 4.39 Å². The van der Waals surface area contributed by atoms with Crippen LogP contribution in [0.1, 0.15) is 0 Å². The zero-order valence-electron chi connectivity index (χ0n) is 4.00. The number of nitrogens with zero attached hydrogens (tertiary/aromatic N) is 2. The van der Waals surface area contributed by atoms with Gasteiger partial charge in [0.25, 0.3) is 0 Å². The first-order valence-electron chi connectivity index (χ1n) is 2.02. The third kappa shape index (κ3) is 0.900. The Labute approximate surface area is 45.4 Å². The molecule has 0 amide bonds. The molecule has 1 heterocycles. The molecule has 0 aliphatic heterocycles. The summed E-state index contributed by atoms with van der Waals surface area (Å²) in [7, 11) is 0. The van der Waals surface area contributed by atoms with Gasteiger partial charge in [0.05, 0.1) is 0 Å². The first-order chi connectivity index (χ1) is 3.79. The van der Waals surface area contributed by atoms with E-state index in [2.05, 4.69) is 9.97 Å². The van der Waals surface area contributed by atoms with E-state index in [4.69, 9.17) is 5.73 Å². The number of hydrogen-bond donors (Lipinski definition) is 1. The van der Waals surface area contributed by atoms with Gasteiger partial charge in [-0.05, 0) is 0 Å². The fourth-order valence-corrected chi connectivity index (χ4v) is 0.347. The van der Waals surface area contributed by atoms with Gasteiger partial charge in [0.2, 0.25) is 5.95 Å². The molecule has 0 fully saturated rings. The normalized spacial score (nSPS) is 9.12. The maximum Gasteiger partial charge on any atom is 0.217 e. The van der Waals surface area contributed by atoms with E-state index in [-0.39, 0.29) is 5.82 Å². The van der Waals surface area contributed by atoms with Crippen molar-refractivity contribution in [2.45, 2.75) is 0 Å². The number of nitrogens with two attached hydrogens (primary N) is 1. The van der Waals surface area contributed by atoms with Gasteiger partial charge in [-0.15, -0.1) is 0 Å². The van der Waals surface area contributed by atoms with Gasteiger partial charge >= 0.3 is 0 Å². The van der Waals surface area contributed by atoms with Crippen LogP contribution >= 0.6 is 0 Å². The molecule has 0 unspecified atom stereocenters. The summed E-state index contributed by atoms with van der Waals surface area (Å²) >= 11 is 0. The van der Waals surface area contributed by atoms with E-state index >= 15 is 0 Å². The summed E-state index contributed by atoms with van der Waals surface area (Å²) in [5, 5.41) is 0. The Kier molecular flexibility index (Phi) is 1.07. The zero-order chi connectivity index (χ0) is 5.98. The van der Waals surface area contributed by atoms with Crippen LogP contribution in [0.2, 0.25) is 0 Å². The van der Waals surface area contributed by atoms with Crippen LogP contribution in [0.4, 0.5) is 10.2 Å². The van der Waals surface area contributed by atoms with Gasteiger partial charge in [0.1, 0.15) is 12.1 Å². The first-order valence-corrected chi connectivity index (χ1v) is 2.02. The molecule has 0 atom stereocenters. The third-order valence-corrected chi connectivity index (χ3v) is 0.655. The van der Waals surface area contributed by atoms with E-state index in [0.717, 1.165) is 12.4 Å². The molecule has 0 saturated heterocycles. The van der Waals surface area contributed by atoms with E-state index in [0.29, 0.717) is 0 Å². The van der Waals surface area contributed by atoms with Gasteiger partial charge in [-0.1, -0.05) is 0 Å².